The Kier molecular flexibility index (Phi) is 5.73. The van der Waals surface area contributed by atoms with Crippen molar-refractivity contribution in [1.82, 2.24) is 0 Å². The average molecular weight is 281 g/mol. The van der Waals surface area contributed by atoms with Crippen molar-refractivity contribution in [2.45, 2.75) is 13.8 Å². The summed E-state index contributed by atoms with van der Waals surface area (Å²) >= 11 is 0. The van der Waals surface area contributed by atoms with Crippen LogP contribution in [0.5, 0.6) is 5.75 Å². The molecule has 0 saturated heterocycles. The molecule has 3 heteroatoms. The molecular weight excluding hydrogens is 260 g/mol. The molecule has 0 heterocycles. The number of quaternary nitrogens is 1. The summed E-state index contributed by atoms with van der Waals surface area (Å²) in [5.74, 6) is 0.844. The van der Waals surface area contributed by atoms with Crippen LogP contribution in [-0.2, 0) is 0 Å². The van der Waals surface area contributed by atoms with Crippen LogP contribution in [0.4, 0.5) is 5.69 Å². The topological polar surface area (TPSA) is 38.2 Å². The zero-order chi connectivity index (χ0) is 14.9. The molecule has 0 unspecified atom stereocenters. The van der Waals surface area contributed by atoms with Gasteiger partial charge in [-0.05, 0) is 25.5 Å². The van der Waals surface area contributed by atoms with Crippen LogP contribution in [0.2, 0.25) is 0 Å². The monoisotopic (exact) mass is 281 g/mol. The van der Waals surface area contributed by atoms with Gasteiger partial charge in [0.2, 0.25) is 0 Å². The normalized spacial score (nSPS) is 11.3. The van der Waals surface area contributed by atoms with Gasteiger partial charge in [-0.25, -0.2) is 0 Å². The van der Waals surface area contributed by atoms with Crippen LogP contribution in [0.1, 0.15) is 18.1 Å². The molecule has 0 aromatic heterocycles. The molecule has 0 saturated carbocycles. The van der Waals surface area contributed by atoms with Gasteiger partial charge in [0, 0.05) is 6.07 Å². The van der Waals surface area contributed by atoms with E-state index in [9.17, 15) is 0 Å². The lowest BCUT2D eigenvalue weighted by atomic mass is 10.2. The van der Waals surface area contributed by atoms with Gasteiger partial charge < -0.3 is 4.74 Å². The predicted molar refractivity (Wildman–Crippen MR) is 87.1 cm³/mol. The quantitative estimate of drug-likeness (QED) is 0.285. The van der Waals surface area contributed by atoms with E-state index >= 15 is 0 Å². The Bertz CT molecular complexity index is 615. The van der Waals surface area contributed by atoms with Crippen molar-refractivity contribution in [3.05, 3.63) is 71.8 Å². The van der Waals surface area contributed by atoms with Crippen LogP contribution in [0.3, 0.4) is 0 Å². The second kappa shape index (κ2) is 8.02. The lowest BCUT2D eigenvalue weighted by Crippen LogP contribution is -2.71. The van der Waals surface area contributed by atoms with Crippen LogP contribution in [0.15, 0.2) is 65.8 Å². The summed E-state index contributed by atoms with van der Waals surface area (Å²) < 4.78 is 5.70. The number of rotatable bonds is 6. The maximum Gasteiger partial charge on any atom is 0.198 e. The molecule has 0 amide bonds. The molecule has 0 aliphatic heterocycles. The Morgan fingerprint density at radius 2 is 1.86 bits per heavy atom. The van der Waals surface area contributed by atoms with Crippen LogP contribution < -0.4 is 10.2 Å². The number of benzene rings is 2. The molecule has 3 nitrogen and oxygen atoms in total. The summed E-state index contributed by atoms with van der Waals surface area (Å²) in [6.45, 7) is 4.63. The molecular formula is C18H21N2O+. The second-order valence-electron chi connectivity index (χ2n) is 4.74. The molecule has 2 N–H and O–H groups in total. The number of para-hydroxylation sites is 1. The third-order valence-corrected chi connectivity index (χ3v) is 3.00. The van der Waals surface area contributed by atoms with Crippen molar-refractivity contribution >= 4 is 11.9 Å². The summed E-state index contributed by atoms with van der Waals surface area (Å²) in [5.41, 5.74) is 5.14. The van der Waals surface area contributed by atoms with E-state index < -0.39 is 0 Å². The van der Waals surface area contributed by atoms with E-state index in [4.69, 9.17) is 4.74 Å². The first-order valence-electron chi connectivity index (χ1n) is 7.05. The third kappa shape index (κ3) is 4.89. The zero-order valence-electron chi connectivity index (χ0n) is 12.5. The first-order chi connectivity index (χ1) is 10.3. The molecule has 0 aliphatic rings. The Morgan fingerprint density at radius 1 is 1.10 bits per heavy atom. The van der Waals surface area contributed by atoms with E-state index in [0.717, 1.165) is 17.0 Å². The Morgan fingerprint density at radius 3 is 2.62 bits per heavy atom. The third-order valence-electron chi connectivity index (χ3n) is 3.00. The van der Waals surface area contributed by atoms with Crippen molar-refractivity contribution in [2.75, 3.05) is 6.61 Å². The fourth-order valence-corrected chi connectivity index (χ4v) is 1.81. The van der Waals surface area contributed by atoms with Crippen molar-refractivity contribution in [2.24, 2.45) is 5.10 Å². The molecule has 0 bridgehead atoms. The number of aryl methyl sites for hydroxylation is 1. The molecule has 0 fully saturated rings. The Labute approximate surface area is 126 Å². The van der Waals surface area contributed by atoms with E-state index in [1.54, 1.807) is 0 Å². The molecule has 0 atom stereocenters. The summed E-state index contributed by atoms with van der Waals surface area (Å²) in [7, 11) is 0. The highest BCUT2D eigenvalue weighted by Gasteiger charge is 2.04. The number of allylic oxidation sites excluding steroid dienone is 1. The molecule has 0 aliphatic carbocycles. The molecule has 21 heavy (non-hydrogen) atoms. The fourth-order valence-electron chi connectivity index (χ4n) is 1.81. The Hall–Kier alpha value is -2.39. The highest BCUT2D eigenvalue weighted by Crippen LogP contribution is 2.18. The van der Waals surface area contributed by atoms with Gasteiger partial charge in [-0.2, -0.15) is 5.43 Å². The zero-order valence-corrected chi connectivity index (χ0v) is 12.5. The lowest BCUT2D eigenvalue weighted by molar-refractivity contribution is -0.577. The lowest BCUT2D eigenvalue weighted by Gasteiger charge is -2.05. The summed E-state index contributed by atoms with van der Waals surface area (Å²) in [5, 5.41) is 4.38. The van der Waals surface area contributed by atoms with E-state index in [1.807, 2.05) is 55.0 Å². The molecule has 2 rings (SSSR count). The van der Waals surface area contributed by atoms with Gasteiger partial charge in [0.15, 0.2) is 11.4 Å². The summed E-state index contributed by atoms with van der Waals surface area (Å²) in [4.78, 5) is 0. The predicted octanol–water partition coefficient (Wildman–Crippen LogP) is 3.18. The molecule has 2 aromatic rings. The van der Waals surface area contributed by atoms with Gasteiger partial charge in [-0.3, -0.25) is 0 Å². The minimum Gasteiger partial charge on any atom is -0.483 e. The van der Waals surface area contributed by atoms with Gasteiger partial charge in [-0.1, -0.05) is 59.2 Å². The van der Waals surface area contributed by atoms with Gasteiger partial charge in [0.25, 0.3) is 0 Å². The number of hydrogen-bond donors (Lipinski definition) is 1. The van der Waals surface area contributed by atoms with E-state index in [1.165, 1.54) is 5.56 Å². The largest absolute Gasteiger partial charge is 0.483 e. The summed E-state index contributed by atoms with van der Waals surface area (Å²) in [6, 6.07) is 16.2. The van der Waals surface area contributed by atoms with Crippen LogP contribution in [0, 0.1) is 6.92 Å². The SMILES string of the molecule is C/C=C/COc1ccccc1[NH2+]/N=C\c1ccc(C)cc1. The minimum atomic E-state index is 0.572. The van der Waals surface area contributed by atoms with E-state index in [2.05, 4.69) is 36.3 Å². The Balaban J connectivity index is 2.00. The first kappa shape index (κ1) is 15.0. The van der Waals surface area contributed by atoms with E-state index in [0.29, 0.717) is 6.61 Å². The number of nitrogens with two attached hydrogens (primary N) is 1. The van der Waals surface area contributed by atoms with Gasteiger partial charge in [0.05, 0.1) is 6.21 Å². The van der Waals surface area contributed by atoms with Crippen molar-refractivity contribution in [1.29, 1.82) is 0 Å². The molecule has 2 aromatic carbocycles. The molecule has 0 radical (unpaired) electrons. The standard InChI is InChI=1S/C18H20N2O/c1-3-4-13-21-18-8-6-5-7-17(18)20-19-14-16-11-9-15(2)10-12-16/h3-12,14,20H,13H2,1-2H3/p+1/b4-3+,19-14-. The maximum absolute atomic E-state index is 5.70. The number of ether oxygens (including phenoxy) is 1. The van der Waals surface area contributed by atoms with Crippen molar-refractivity contribution < 1.29 is 10.2 Å². The van der Waals surface area contributed by atoms with E-state index in [-0.39, 0.29) is 0 Å². The molecule has 108 valence electrons. The maximum atomic E-state index is 5.70. The average Bonchev–Trinajstić information content (AvgIpc) is 2.51. The summed E-state index contributed by atoms with van der Waals surface area (Å²) in [6.07, 6.45) is 5.80. The van der Waals surface area contributed by atoms with Gasteiger partial charge in [-0.15, -0.1) is 0 Å². The van der Waals surface area contributed by atoms with Gasteiger partial charge in [0.1, 0.15) is 6.61 Å². The highest BCUT2D eigenvalue weighted by atomic mass is 16.5. The van der Waals surface area contributed by atoms with Crippen molar-refractivity contribution in [3.8, 4) is 5.75 Å². The van der Waals surface area contributed by atoms with Crippen LogP contribution >= 0.6 is 0 Å². The second-order valence-corrected chi connectivity index (χ2v) is 4.74. The van der Waals surface area contributed by atoms with Gasteiger partial charge >= 0.3 is 0 Å². The minimum absolute atomic E-state index is 0.572. The highest BCUT2D eigenvalue weighted by molar-refractivity contribution is 5.78. The van der Waals surface area contributed by atoms with Crippen molar-refractivity contribution in [3.63, 3.8) is 0 Å². The molecule has 0 spiro atoms. The first-order valence-corrected chi connectivity index (χ1v) is 7.05. The van der Waals surface area contributed by atoms with Crippen LogP contribution in [0.25, 0.3) is 0 Å². The number of hydrogen-bond acceptors (Lipinski definition) is 2. The smallest absolute Gasteiger partial charge is 0.198 e. The fraction of sp³-hybridized carbons (Fsp3) is 0.167. The van der Waals surface area contributed by atoms with Crippen LogP contribution in [-0.4, -0.2) is 12.8 Å². The number of nitrogens with zero attached hydrogens (tertiary/aromatic N) is 1.